The van der Waals surface area contributed by atoms with Crippen LogP contribution in [-0.4, -0.2) is 36.1 Å². The number of nitrogens with two attached hydrogens (primary N) is 1. The second kappa shape index (κ2) is 8.21. The summed E-state index contributed by atoms with van der Waals surface area (Å²) < 4.78 is 10.1. The number of carbonyl (C=O) groups is 2. The Morgan fingerprint density at radius 1 is 1.33 bits per heavy atom. The summed E-state index contributed by atoms with van der Waals surface area (Å²) in [6.45, 7) is 3.32. The van der Waals surface area contributed by atoms with E-state index in [1.807, 2.05) is 0 Å². The highest BCUT2D eigenvalue weighted by Gasteiger charge is 2.16. The summed E-state index contributed by atoms with van der Waals surface area (Å²) in [5.74, 6) is -0.380. The summed E-state index contributed by atoms with van der Waals surface area (Å²) in [6, 6.07) is 6.03. The molecule has 1 rings (SSSR count). The average molecular weight is 310 g/mol. The van der Waals surface area contributed by atoms with Crippen molar-refractivity contribution in [3.63, 3.8) is 0 Å². The van der Waals surface area contributed by atoms with Crippen molar-refractivity contribution in [1.29, 1.82) is 0 Å². The van der Waals surface area contributed by atoms with Crippen LogP contribution >= 0.6 is 12.2 Å². The average Bonchev–Trinajstić information content (AvgIpc) is 2.45. The Balaban J connectivity index is 2.42. The van der Waals surface area contributed by atoms with Gasteiger partial charge >= 0.3 is 5.97 Å². The molecule has 1 aromatic carbocycles. The lowest BCUT2D eigenvalue weighted by atomic mass is 10.2. The van der Waals surface area contributed by atoms with E-state index >= 15 is 0 Å². The molecule has 1 unspecified atom stereocenters. The molecule has 0 aliphatic heterocycles. The number of esters is 1. The maximum atomic E-state index is 11.6. The Hall–Kier alpha value is -2.15. The minimum absolute atomic E-state index is 0.198. The van der Waals surface area contributed by atoms with E-state index in [1.165, 1.54) is 0 Å². The van der Waals surface area contributed by atoms with Gasteiger partial charge < -0.3 is 20.5 Å². The molecule has 0 aliphatic rings. The summed E-state index contributed by atoms with van der Waals surface area (Å²) in [7, 11) is 0. The summed E-state index contributed by atoms with van der Waals surface area (Å²) >= 11 is 4.83. The Morgan fingerprint density at radius 2 is 1.95 bits per heavy atom. The van der Waals surface area contributed by atoms with Crippen LogP contribution in [-0.2, 0) is 14.3 Å². The van der Waals surface area contributed by atoms with Gasteiger partial charge in [0.1, 0.15) is 16.8 Å². The van der Waals surface area contributed by atoms with E-state index in [0.717, 1.165) is 5.56 Å². The number of ether oxygens (including phenoxy) is 2. The van der Waals surface area contributed by atoms with Crippen molar-refractivity contribution in [1.82, 2.24) is 5.32 Å². The molecule has 0 spiro atoms. The summed E-state index contributed by atoms with van der Waals surface area (Å²) in [6.07, 6.45) is 0. The zero-order valence-corrected chi connectivity index (χ0v) is 12.7. The van der Waals surface area contributed by atoms with Crippen LogP contribution in [0.3, 0.4) is 0 Å². The molecule has 0 fully saturated rings. The van der Waals surface area contributed by atoms with Gasteiger partial charge in [-0.2, -0.15) is 0 Å². The number of thiocarbonyl (C=S) groups is 1. The molecule has 6 nitrogen and oxygen atoms in total. The van der Waals surface area contributed by atoms with Crippen molar-refractivity contribution in [2.24, 2.45) is 5.73 Å². The minimum Gasteiger partial charge on any atom is -0.484 e. The molecular weight excluding hydrogens is 292 g/mol. The third-order valence-corrected chi connectivity index (χ3v) is 2.76. The maximum absolute atomic E-state index is 11.6. The molecule has 1 amide bonds. The van der Waals surface area contributed by atoms with Crippen molar-refractivity contribution >= 4 is 29.1 Å². The number of amides is 1. The standard InChI is InChI=1S/C14H18N2O4S/c1-3-19-14(18)9(2)16-12(17)8-20-11-6-4-10(5-7-11)13(15)21/h4-7,9H,3,8H2,1-2H3,(H2,15,21)(H,16,17). The number of benzene rings is 1. The van der Waals surface area contributed by atoms with Crippen molar-refractivity contribution in [3.8, 4) is 5.75 Å². The van der Waals surface area contributed by atoms with Crippen molar-refractivity contribution in [2.45, 2.75) is 19.9 Å². The highest BCUT2D eigenvalue weighted by Crippen LogP contribution is 2.11. The smallest absolute Gasteiger partial charge is 0.328 e. The van der Waals surface area contributed by atoms with Gasteiger partial charge in [-0.25, -0.2) is 4.79 Å². The van der Waals surface area contributed by atoms with Gasteiger partial charge in [0.2, 0.25) is 0 Å². The molecule has 0 aliphatic carbocycles. The molecule has 3 N–H and O–H groups in total. The van der Waals surface area contributed by atoms with Crippen LogP contribution in [0.15, 0.2) is 24.3 Å². The minimum atomic E-state index is -0.710. The van der Waals surface area contributed by atoms with Crippen molar-refractivity contribution in [2.75, 3.05) is 13.2 Å². The number of rotatable bonds is 7. The molecule has 0 bridgehead atoms. The first-order valence-corrected chi connectivity index (χ1v) is 6.83. The van der Waals surface area contributed by atoms with Gasteiger partial charge in [-0.15, -0.1) is 0 Å². The number of hydrogen-bond acceptors (Lipinski definition) is 5. The molecular formula is C14H18N2O4S. The molecule has 21 heavy (non-hydrogen) atoms. The van der Waals surface area contributed by atoms with Crippen LogP contribution in [0.4, 0.5) is 0 Å². The van der Waals surface area contributed by atoms with Crippen molar-refractivity contribution in [3.05, 3.63) is 29.8 Å². The fourth-order valence-electron chi connectivity index (χ4n) is 1.47. The van der Waals surface area contributed by atoms with Crippen LogP contribution in [0, 0.1) is 0 Å². The summed E-state index contributed by atoms with van der Waals surface area (Å²) in [5, 5.41) is 2.49. The molecule has 7 heteroatoms. The highest BCUT2D eigenvalue weighted by molar-refractivity contribution is 7.80. The maximum Gasteiger partial charge on any atom is 0.328 e. The molecule has 114 valence electrons. The van der Waals surface area contributed by atoms with Gasteiger partial charge in [0.05, 0.1) is 6.61 Å². The van der Waals surface area contributed by atoms with Crippen LogP contribution < -0.4 is 15.8 Å². The lowest BCUT2D eigenvalue weighted by molar-refractivity contribution is -0.147. The number of hydrogen-bond donors (Lipinski definition) is 2. The van der Waals surface area contributed by atoms with E-state index < -0.39 is 17.9 Å². The van der Waals surface area contributed by atoms with E-state index in [0.29, 0.717) is 10.7 Å². The summed E-state index contributed by atoms with van der Waals surface area (Å²) in [5.41, 5.74) is 6.20. The zero-order valence-electron chi connectivity index (χ0n) is 11.9. The molecule has 0 aromatic heterocycles. The normalized spacial score (nSPS) is 11.3. The molecule has 0 saturated carbocycles. The van der Waals surface area contributed by atoms with Gasteiger partial charge in [0.15, 0.2) is 6.61 Å². The Bertz CT molecular complexity index is 516. The van der Waals surface area contributed by atoms with E-state index in [4.69, 9.17) is 27.4 Å². The van der Waals surface area contributed by atoms with Gasteiger partial charge in [0, 0.05) is 5.56 Å². The van der Waals surface area contributed by atoms with Crippen LogP contribution in [0.5, 0.6) is 5.75 Å². The van der Waals surface area contributed by atoms with E-state index in [2.05, 4.69) is 5.32 Å². The highest BCUT2D eigenvalue weighted by atomic mass is 32.1. The summed E-state index contributed by atoms with van der Waals surface area (Å²) in [4.78, 5) is 23.3. The Labute approximate surface area is 128 Å². The fraction of sp³-hybridized carbons (Fsp3) is 0.357. The third kappa shape index (κ3) is 5.78. The molecule has 1 atom stereocenters. The van der Waals surface area contributed by atoms with Gasteiger partial charge in [-0.05, 0) is 38.1 Å². The lowest BCUT2D eigenvalue weighted by Gasteiger charge is -2.13. The van der Waals surface area contributed by atoms with Gasteiger partial charge in [-0.3, -0.25) is 4.79 Å². The second-order valence-corrected chi connectivity index (χ2v) is 4.66. The van der Waals surface area contributed by atoms with E-state index in [1.54, 1.807) is 38.1 Å². The van der Waals surface area contributed by atoms with Crippen LogP contribution in [0.25, 0.3) is 0 Å². The molecule has 0 radical (unpaired) electrons. The first-order chi connectivity index (χ1) is 9.93. The monoisotopic (exact) mass is 310 g/mol. The number of nitrogens with one attached hydrogen (secondary N) is 1. The largest absolute Gasteiger partial charge is 0.484 e. The molecule has 1 aromatic rings. The predicted octanol–water partition coefficient (Wildman–Crippen LogP) is 0.767. The first kappa shape index (κ1) is 16.9. The number of carbonyl (C=O) groups excluding carboxylic acids is 2. The van der Waals surface area contributed by atoms with Gasteiger partial charge in [0.25, 0.3) is 5.91 Å². The van der Waals surface area contributed by atoms with Crippen LogP contribution in [0.1, 0.15) is 19.4 Å². The van der Waals surface area contributed by atoms with E-state index in [9.17, 15) is 9.59 Å². The topological polar surface area (TPSA) is 90.6 Å². The quantitative estimate of drug-likeness (QED) is 0.571. The second-order valence-electron chi connectivity index (χ2n) is 4.22. The lowest BCUT2D eigenvalue weighted by Crippen LogP contribution is -2.41. The Kier molecular flexibility index (Phi) is 6.61. The first-order valence-electron chi connectivity index (χ1n) is 6.42. The molecule has 0 heterocycles. The van der Waals surface area contributed by atoms with E-state index in [-0.39, 0.29) is 13.2 Å². The molecule has 0 saturated heterocycles. The third-order valence-electron chi connectivity index (χ3n) is 2.53. The SMILES string of the molecule is CCOC(=O)C(C)NC(=O)COc1ccc(C(N)=S)cc1. The Morgan fingerprint density at radius 3 is 2.48 bits per heavy atom. The fourth-order valence-corrected chi connectivity index (χ4v) is 1.61. The van der Waals surface area contributed by atoms with Crippen molar-refractivity contribution < 1.29 is 19.1 Å². The van der Waals surface area contributed by atoms with Gasteiger partial charge in [-0.1, -0.05) is 12.2 Å². The van der Waals surface area contributed by atoms with Crippen LogP contribution in [0.2, 0.25) is 0 Å². The zero-order chi connectivity index (χ0) is 15.8. The predicted molar refractivity (Wildman–Crippen MR) is 82.1 cm³/mol.